The van der Waals surface area contributed by atoms with Crippen molar-refractivity contribution in [2.24, 2.45) is 5.92 Å². The number of piperidine rings is 1. The topological polar surface area (TPSA) is 102 Å². The summed E-state index contributed by atoms with van der Waals surface area (Å²) in [5.74, 6) is 0.653. The average Bonchev–Trinajstić information content (AvgIpc) is 3.27. The van der Waals surface area contributed by atoms with Gasteiger partial charge in [-0.15, -0.1) is 0 Å². The second-order valence-electron chi connectivity index (χ2n) is 9.16. The number of amides is 1. The van der Waals surface area contributed by atoms with Crippen LogP contribution in [0.15, 0.2) is 65.1 Å². The van der Waals surface area contributed by atoms with Gasteiger partial charge in [-0.05, 0) is 73.7 Å². The van der Waals surface area contributed by atoms with Gasteiger partial charge in [-0.1, -0.05) is 19.1 Å². The maximum absolute atomic E-state index is 13.0. The van der Waals surface area contributed by atoms with E-state index < -0.39 is 10.8 Å². The van der Waals surface area contributed by atoms with Crippen molar-refractivity contribution in [3.05, 3.63) is 81.9 Å². The maximum atomic E-state index is 13.0. The molecule has 0 bridgehead atoms. The number of benzene rings is 3. The molecule has 178 valence electrons. The Bertz CT molecular complexity index is 1420. The number of nitro groups is 1. The number of anilines is 2. The molecule has 4 aromatic rings. The molecule has 1 saturated heterocycles. The average molecular weight is 471 g/mol. The Kier molecular flexibility index (Phi) is 5.94. The van der Waals surface area contributed by atoms with Crippen LogP contribution in [0.2, 0.25) is 0 Å². The third-order valence-electron chi connectivity index (χ3n) is 6.47. The minimum Gasteiger partial charge on any atom is -0.436 e. The van der Waals surface area contributed by atoms with Gasteiger partial charge < -0.3 is 14.6 Å². The molecular formula is C27H26N4O4. The number of oxazole rings is 1. The Hall–Kier alpha value is -4.20. The van der Waals surface area contributed by atoms with E-state index in [0.717, 1.165) is 42.6 Å². The smallest absolute Gasteiger partial charge is 0.293 e. The molecule has 1 aliphatic heterocycles. The number of nitrogens with one attached hydrogen (secondary N) is 1. The van der Waals surface area contributed by atoms with Crippen molar-refractivity contribution in [3.63, 3.8) is 0 Å². The van der Waals surface area contributed by atoms with Gasteiger partial charge in [0.1, 0.15) is 11.2 Å². The van der Waals surface area contributed by atoms with Crippen LogP contribution in [0.3, 0.4) is 0 Å². The van der Waals surface area contributed by atoms with Crippen molar-refractivity contribution in [1.29, 1.82) is 0 Å². The molecule has 8 heteroatoms. The molecule has 0 saturated carbocycles. The number of aromatic nitrogens is 1. The fourth-order valence-corrected chi connectivity index (χ4v) is 4.42. The van der Waals surface area contributed by atoms with E-state index in [1.165, 1.54) is 6.07 Å². The molecule has 0 aliphatic carbocycles. The van der Waals surface area contributed by atoms with Crippen LogP contribution in [0.4, 0.5) is 17.1 Å². The monoisotopic (exact) mass is 470 g/mol. The van der Waals surface area contributed by atoms with Crippen LogP contribution in [-0.2, 0) is 0 Å². The molecule has 35 heavy (non-hydrogen) atoms. The quantitative estimate of drug-likeness (QED) is 0.275. The summed E-state index contributed by atoms with van der Waals surface area (Å²) in [4.78, 5) is 30.9. The first-order chi connectivity index (χ1) is 16.9. The molecule has 8 nitrogen and oxygen atoms in total. The minimum absolute atomic E-state index is 0.0530. The van der Waals surface area contributed by atoms with Gasteiger partial charge in [-0.3, -0.25) is 14.9 Å². The summed E-state index contributed by atoms with van der Waals surface area (Å²) >= 11 is 0. The number of carbonyl (C=O) groups excluding carboxylic acids is 1. The Balaban J connectivity index is 1.37. The first-order valence-electron chi connectivity index (χ1n) is 11.7. The van der Waals surface area contributed by atoms with Gasteiger partial charge in [0.15, 0.2) is 5.58 Å². The van der Waals surface area contributed by atoms with E-state index in [1.54, 1.807) is 30.3 Å². The standard InChI is InChI=1S/C27H26N4O4/c1-17-10-12-30(13-11-17)23-8-7-19(16-24(23)31(33)34)26(32)28-21-5-3-4-20(15-21)27-29-22-14-18(2)6-9-25(22)35-27/h3-9,14-17H,10-13H2,1-2H3,(H,28,32). The number of aryl methyl sites for hydroxylation is 1. The van der Waals surface area contributed by atoms with Crippen molar-refractivity contribution in [2.45, 2.75) is 26.7 Å². The SMILES string of the molecule is Cc1ccc2oc(-c3cccc(NC(=O)c4ccc(N5CCC(C)CC5)c([N+](=O)[O-])c4)c3)nc2c1. The summed E-state index contributed by atoms with van der Waals surface area (Å²) in [6.07, 6.45) is 1.99. The molecule has 1 aliphatic rings. The molecule has 0 radical (unpaired) electrons. The van der Waals surface area contributed by atoms with Crippen molar-refractivity contribution in [3.8, 4) is 11.5 Å². The van der Waals surface area contributed by atoms with Gasteiger partial charge >= 0.3 is 0 Å². The van der Waals surface area contributed by atoms with Gasteiger partial charge in [0, 0.05) is 36.0 Å². The first kappa shape index (κ1) is 22.6. The summed E-state index contributed by atoms with van der Waals surface area (Å²) in [6.45, 7) is 5.73. The zero-order valence-electron chi connectivity index (χ0n) is 19.7. The molecule has 0 spiro atoms. The van der Waals surface area contributed by atoms with Crippen LogP contribution in [-0.4, -0.2) is 28.9 Å². The Morgan fingerprint density at radius 3 is 2.69 bits per heavy atom. The zero-order chi connectivity index (χ0) is 24.5. The number of nitrogens with zero attached hydrogens (tertiary/aromatic N) is 3. The summed E-state index contributed by atoms with van der Waals surface area (Å²) in [5.41, 5.74) is 4.55. The Morgan fingerprint density at radius 2 is 1.91 bits per heavy atom. The lowest BCUT2D eigenvalue weighted by atomic mass is 9.98. The lowest BCUT2D eigenvalue weighted by Gasteiger charge is -2.31. The summed E-state index contributed by atoms with van der Waals surface area (Å²) in [5, 5.41) is 14.6. The lowest BCUT2D eigenvalue weighted by molar-refractivity contribution is -0.384. The van der Waals surface area contributed by atoms with Crippen molar-refractivity contribution in [1.82, 2.24) is 4.98 Å². The number of hydrogen-bond donors (Lipinski definition) is 1. The number of fused-ring (bicyclic) bond motifs is 1. The summed E-state index contributed by atoms with van der Waals surface area (Å²) in [7, 11) is 0. The highest BCUT2D eigenvalue weighted by Crippen LogP contribution is 2.33. The fourth-order valence-electron chi connectivity index (χ4n) is 4.42. The first-order valence-corrected chi connectivity index (χ1v) is 11.7. The largest absolute Gasteiger partial charge is 0.436 e. The molecule has 1 amide bonds. The Labute approximate surface area is 202 Å². The van der Waals surface area contributed by atoms with Crippen LogP contribution < -0.4 is 10.2 Å². The molecule has 1 fully saturated rings. The number of carbonyl (C=O) groups is 1. The Morgan fingerprint density at radius 1 is 1.11 bits per heavy atom. The second kappa shape index (κ2) is 9.21. The van der Waals surface area contributed by atoms with Crippen molar-refractivity contribution < 1.29 is 14.1 Å². The van der Waals surface area contributed by atoms with E-state index >= 15 is 0 Å². The lowest BCUT2D eigenvalue weighted by Crippen LogP contribution is -2.33. The van der Waals surface area contributed by atoms with Crippen molar-refractivity contribution in [2.75, 3.05) is 23.3 Å². The van der Waals surface area contributed by atoms with E-state index in [2.05, 4.69) is 17.2 Å². The summed E-state index contributed by atoms with van der Waals surface area (Å²) in [6, 6.07) is 17.7. The highest BCUT2D eigenvalue weighted by atomic mass is 16.6. The predicted molar refractivity (Wildman–Crippen MR) is 136 cm³/mol. The van der Waals surface area contributed by atoms with Crippen LogP contribution >= 0.6 is 0 Å². The van der Waals surface area contributed by atoms with Crippen LogP contribution in [0.5, 0.6) is 0 Å². The van der Waals surface area contributed by atoms with Crippen LogP contribution in [0.25, 0.3) is 22.6 Å². The van der Waals surface area contributed by atoms with Gasteiger partial charge in [0.25, 0.3) is 11.6 Å². The third-order valence-corrected chi connectivity index (χ3v) is 6.47. The van der Waals surface area contributed by atoms with E-state index in [0.29, 0.717) is 28.8 Å². The zero-order valence-corrected chi connectivity index (χ0v) is 19.7. The molecular weight excluding hydrogens is 444 g/mol. The van der Waals surface area contributed by atoms with Gasteiger partial charge in [-0.2, -0.15) is 0 Å². The summed E-state index contributed by atoms with van der Waals surface area (Å²) < 4.78 is 5.87. The molecule has 5 rings (SSSR count). The molecule has 2 heterocycles. The van der Waals surface area contributed by atoms with Gasteiger partial charge in [0.05, 0.1) is 4.92 Å². The maximum Gasteiger partial charge on any atom is 0.293 e. The van der Waals surface area contributed by atoms with Crippen LogP contribution in [0, 0.1) is 23.0 Å². The fraction of sp³-hybridized carbons (Fsp3) is 0.259. The van der Waals surface area contributed by atoms with E-state index in [4.69, 9.17) is 4.42 Å². The van der Waals surface area contributed by atoms with E-state index in [1.807, 2.05) is 36.1 Å². The number of rotatable bonds is 5. The minimum atomic E-state index is -0.419. The van der Waals surface area contributed by atoms with Gasteiger partial charge in [-0.25, -0.2) is 4.98 Å². The molecule has 1 N–H and O–H groups in total. The molecule has 0 atom stereocenters. The van der Waals surface area contributed by atoms with E-state index in [9.17, 15) is 14.9 Å². The number of hydrogen-bond acceptors (Lipinski definition) is 6. The highest BCUT2D eigenvalue weighted by Gasteiger charge is 2.25. The third kappa shape index (κ3) is 4.73. The predicted octanol–water partition coefficient (Wildman–Crippen LogP) is 6.20. The van der Waals surface area contributed by atoms with Gasteiger partial charge in [0.2, 0.25) is 5.89 Å². The molecule has 3 aromatic carbocycles. The normalized spacial score (nSPS) is 14.3. The van der Waals surface area contributed by atoms with E-state index in [-0.39, 0.29) is 11.3 Å². The molecule has 1 aromatic heterocycles. The number of nitro benzene ring substituents is 1. The molecule has 0 unspecified atom stereocenters. The highest BCUT2D eigenvalue weighted by molar-refractivity contribution is 6.05. The second-order valence-corrected chi connectivity index (χ2v) is 9.16. The van der Waals surface area contributed by atoms with Crippen LogP contribution in [0.1, 0.15) is 35.7 Å². The van der Waals surface area contributed by atoms with Crippen molar-refractivity contribution >= 4 is 34.1 Å².